The summed E-state index contributed by atoms with van der Waals surface area (Å²) in [6.45, 7) is -0.684. The fourth-order valence-electron chi connectivity index (χ4n) is 0.523. The van der Waals surface area contributed by atoms with E-state index in [1.165, 1.54) is 5.32 Å². The maximum absolute atomic E-state index is 12.4. The summed E-state index contributed by atoms with van der Waals surface area (Å²) in [6.07, 6.45) is -0.657. The minimum atomic E-state index is -5.08. The molecular weight excluding hydrogens is 246 g/mol. The smallest absolute Gasteiger partial charge is 0.400 e. The molecule has 0 unspecified atom stereocenters. The molecule has 0 aliphatic rings. The highest BCUT2D eigenvalue weighted by Gasteiger charge is 2.60. The Bertz CT molecular complexity index is 266. The van der Waals surface area contributed by atoms with Gasteiger partial charge in [-0.3, -0.25) is 9.59 Å². The van der Waals surface area contributed by atoms with Crippen LogP contribution >= 0.6 is 11.6 Å². The molecule has 0 radical (unpaired) electrons. The van der Waals surface area contributed by atoms with E-state index >= 15 is 0 Å². The summed E-state index contributed by atoms with van der Waals surface area (Å²) < 4.78 is 48.8. The van der Waals surface area contributed by atoms with Crippen LogP contribution in [-0.2, 0) is 9.59 Å². The highest BCUT2D eigenvalue weighted by molar-refractivity contribution is 6.24. The van der Waals surface area contributed by atoms with Crippen LogP contribution in [0, 0.1) is 0 Å². The van der Waals surface area contributed by atoms with E-state index < -0.39 is 36.1 Å². The zero-order valence-corrected chi connectivity index (χ0v) is 7.82. The van der Waals surface area contributed by atoms with Gasteiger partial charge in [-0.05, 0) is 11.6 Å². The molecule has 2 N–H and O–H groups in total. The predicted molar refractivity (Wildman–Crippen MR) is 41.0 cm³/mol. The molecule has 0 atom stereocenters. The van der Waals surface area contributed by atoms with E-state index in [0.29, 0.717) is 0 Å². The van der Waals surface area contributed by atoms with E-state index in [2.05, 4.69) is 11.6 Å². The number of hydrogen-bond acceptors (Lipinski definition) is 2. The third-order valence-corrected chi connectivity index (χ3v) is 1.50. The Balaban J connectivity index is 4.27. The molecule has 0 aliphatic heterocycles. The highest BCUT2D eigenvalue weighted by atomic mass is 35.5. The summed E-state index contributed by atoms with van der Waals surface area (Å²) in [5.41, 5.74) is 0. The van der Waals surface area contributed by atoms with Gasteiger partial charge < -0.3 is 10.4 Å². The molecule has 0 aromatic heterocycles. The summed E-state index contributed by atoms with van der Waals surface area (Å²) >= 11 is 4.00. The number of carboxylic acids is 1. The Hall–Kier alpha value is -1.05. The first-order valence-corrected chi connectivity index (χ1v) is 3.91. The lowest BCUT2D eigenvalue weighted by Gasteiger charge is -2.19. The quantitative estimate of drug-likeness (QED) is 0.567. The van der Waals surface area contributed by atoms with E-state index in [1.54, 1.807) is 0 Å². The summed E-state index contributed by atoms with van der Waals surface area (Å²) in [5, 5.41) is 4.39. The minimum absolute atomic E-state index is 0.657. The van der Waals surface area contributed by atoms with Crippen LogP contribution in [0.15, 0.2) is 0 Å². The predicted octanol–water partition coefficient (Wildman–Crippen LogP) is 1.04. The number of nitrogens with one attached hydrogen (secondary N) is 1. The molecule has 0 aliphatic carbocycles. The summed E-state index contributed by atoms with van der Waals surface area (Å²) in [7, 11) is 0. The molecule has 0 bridgehead atoms. The normalized spacial score (nSPS) is 12.3. The summed E-state index contributed by atoms with van der Waals surface area (Å²) in [5.74, 6) is -8.76. The van der Waals surface area contributed by atoms with E-state index in [9.17, 15) is 27.2 Å². The maximum Gasteiger partial charge on any atom is 0.400 e. The molecule has 0 spiro atoms. The molecule has 0 fully saturated rings. The second-order valence-electron chi connectivity index (χ2n) is 2.47. The van der Waals surface area contributed by atoms with Crippen molar-refractivity contribution in [2.45, 2.75) is 17.7 Å². The Labute approximate surface area is 86.2 Å². The number of carbonyl (C=O) groups excluding carboxylic acids is 1. The molecule has 1 amide bonds. The minimum Gasteiger partial charge on any atom is -0.481 e. The van der Waals surface area contributed by atoms with Crippen molar-refractivity contribution in [2.75, 3.05) is 6.54 Å². The Morgan fingerprint density at radius 2 is 1.73 bits per heavy atom. The lowest BCUT2D eigenvalue weighted by molar-refractivity contribution is -0.180. The van der Waals surface area contributed by atoms with E-state index in [4.69, 9.17) is 5.11 Å². The molecule has 0 saturated carbocycles. The average molecular weight is 252 g/mol. The maximum atomic E-state index is 12.4. The largest absolute Gasteiger partial charge is 0.481 e. The van der Waals surface area contributed by atoms with Crippen molar-refractivity contribution >= 4 is 23.5 Å². The molecule has 4 nitrogen and oxygen atoms in total. The lowest BCUT2D eigenvalue weighted by atomic mass is 10.3. The van der Waals surface area contributed by atoms with Crippen LogP contribution in [0.25, 0.3) is 0 Å². The molecular formula is C6H6ClF4NO3. The van der Waals surface area contributed by atoms with Gasteiger partial charge in [-0.1, -0.05) is 0 Å². The number of amides is 1. The highest BCUT2D eigenvalue weighted by Crippen LogP contribution is 2.37. The van der Waals surface area contributed by atoms with Crippen LogP contribution < -0.4 is 5.32 Å². The summed E-state index contributed by atoms with van der Waals surface area (Å²) in [4.78, 5) is 20.4. The van der Waals surface area contributed by atoms with Crippen LogP contribution in [0.3, 0.4) is 0 Å². The zero-order chi connectivity index (χ0) is 12.3. The van der Waals surface area contributed by atoms with Crippen molar-refractivity contribution in [3.63, 3.8) is 0 Å². The molecule has 0 aromatic rings. The van der Waals surface area contributed by atoms with Gasteiger partial charge in [0.25, 0.3) is 5.91 Å². The van der Waals surface area contributed by atoms with Gasteiger partial charge >= 0.3 is 17.3 Å². The molecule has 0 heterocycles. The van der Waals surface area contributed by atoms with Crippen molar-refractivity contribution in [2.24, 2.45) is 0 Å². The van der Waals surface area contributed by atoms with Crippen molar-refractivity contribution in [3.05, 3.63) is 0 Å². The van der Waals surface area contributed by atoms with Crippen LogP contribution in [0.2, 0.25) is 0 Å². The first kappa shape index (κ1) is 13.9. The van der Waals surface area contributed by atoms with Gasteiger partial charge in [-0.25, -0.2) is 0 Å². The van der Waals surface area contributed by atoms with Gasteiger partial charge in [0.05, 0.1) is 6.42 Å². The number of carboxylic acid groups (broad SMARTS) is 1. The first-order chi connectivity index (χ1) is 6.59. The van der Waals surface area contributed by atoms with Gasteiger partial charge in [-0.15, -0.1) is 0 Å². The topological polar surface area (TPSA) is 66.4 Å². The third kappa shape index (κ3) is 3.90. The molecule has 0 rings (SSSR count). The van der Waals surface area contributed by atoms with Gasteiger partial charge in [0.2, 0.25) is 0 Å². The van der Waals surface area contributed by atoms with Crippen molar-refractivity contribution in [1.29, 1.82) is 0 Å². The van der Waals surface area contributed by atoms with Gasteiger partial charge in [0.15, 0.2) is 0 Å². The van der Waals surface area contributed by atoms with Crippen LogP contribution in [0.4, 0.5) is 17.6 Å². The van der Waals surface area contributed by atoms with Gasteiger partial charge in [0, 0.05) is 6.54 Å². The van der Waals surface area contributed by atoms with Crippen LogP contribution in [0.1, 0.15) is 6.42 Å². The fraction of sp³-hybridized carbons (Fsp3) is 0.667. The molecule has 88 valence electrons. The summed E-state index contributed by atoms with van der Waals surface area (Å²) in [6, 6.07) is 0. The molecule has 0 aromatic carbocycles. The Kier molecular flexibility index (Phi) is 4.32. The third-order valence-electron chi connectivity index (χ3n) is 1.27. The second-order valence-corrected chi connectivity index (χ2v) is 2.95. The van der Waals surface area contributed by atoms with Gasteiger partial charge in [-0.2, -0.15) is 17.6 Å². The fourth-order valence-corrected chi connectivity index (χ4v) is 0.609. The number of carbonyl (C=O) groups is 2. The Morgan fingerprint density at radius 1 is 1.27 bits per heavy atom. The van der Waals surface area contributed by atoms with E-state index in [0.717, 1.165) is 0 Å². The Morgan fingerprint density at radius 3 is 2.07 bits per heavy atom. The number of aliphatic carboxylic acids is 1. The van der Waals surface area contributed by atoms with Crippen molar-refractivity contribution in [3.8, 4) is 0 Å². The van der Waals surface area contributed by atoms with Crippen molar-refractivity contribution < 1.29 is 32.3 Å². The second kappa shape index (κ2) is 4.65. The van der Waals surface area contributed by atoms with E-state index in [-0.39, 0.29) is 0 Å². The monoisotopic (exact) mass is 251 g/mol. The molecule has 9 heteroatoms. The molecule has 0 saturated heterocycles. The van der Waals surface area contributed by atoms with Crippen molar-refractivity contribution in [1.82, 2.24) is 5.32 Å². The number of alkyl halides is 5. The number of halogens is 5. The zero-order valence-electron chi connectivity index (χ0n) is 7.07. The SMILES string of the molecule is O=C(O)CCNC(=O)C(F)(F)C(F)(F)Cl. The number of rotatable bonds is 5. The standard InChI is InChI=1S/C6H6ClF4NO3/c7-6(10,11)5(8,9)4(15)12-2-1-3(13)14/h1-2H2,(H,12,15)(H,13,14). The van der Waals surface area contributed by atoms with E-state index in [1.807, 2.05) is 0 Å². The van der Waals surface area contributed by atoms with Crippen LogP contribution in [-0.4, -0.2) is 34.8 Å². The average Bonchev–Trinajstić information content (AvgIpc) is 2.01. The van der Waals surface area contributed by atoms with Crippen LogP contribution in [0.5, 0.6) is 0 Å². The first-order valence-electron chi connectivity index (χ1n) is 3.53. The number of hydrogen-bond donors (Lipinski definition) is 2. The van der Waals surface area contributed by atoms with Gasteiger partial charge in [0.1, 0.15) is 0 Å². The lowest BCUT2D eigenvalue weighted by Crippen LogP contribution is -2.50. The molecule has 15 heavy (non-hydrogen) atoms.